The Hall–Kier alpha value is -2.82. The van der Waals surface area contributed by atoms with Gasteiger partial charge in [-0.3, -0.25) is 4.79 Å². The highest BCUT2D eigenvalue weighted by molar-refractivity contribution is 5.94. The van der Waals surface area contributed by atoms with Gasteiger partial charge in [-0.15, -0.1) is 0 Å². The van der Waals surface area contributed by atoms with Crippen molar-refractivity contribution in [1.29, 1.82) is 0 Å². The normalized spacial score (nSPS) is 11.0. The van der Waals surface area contributed by atoms with E-state index in [0.717, 1.165) is 31.0 Å². The molecule has 0 atom stereocenters. The third kappa shape index (κ3) is 6.30. The standard InChI is InChI=1S/C20H26N4O/c1-3-22-20(24-15-17-8-5-4-6-9-17)23-13-12-16-10-7-11-18(14-16)19(25)21-2/h4-11,14H,3,12-13,15H2,1-2H3,(H,21,25)(H2,22,23,24). The molecule has 0 saturated heterocycles. The van der Waals surface area contributed by atoms with E-state index < -0.39 is 0 Å². The molecule has 3 N–H and O–H groups in total. The largest absolute Gasteiger partial charge is 0.357 e. The summed E-state index contributed by atoms with van der Waals surface area (Å²) in [5.41, 5.74) is 2.98. The van der Waals surface area contributed by atoms with Crippen LogP contribution >= 0.6 is 0 Å². The number of hydrogen-bond acceptors (Lipinski definition) is 2. The van der Waals surface area contributed by atoms with Gasteiger partial charge >= 0.3 is 0 Å². The first-order valence-electron chi connectivity index (χ1n) is 8.60. The molecule has 0 aliphatic rings. The zero-order valence-corrected chi connectivity index (χ0v) is 14.9. The van der Waals surface area contributed by atoms with Gasteiger partial charge in [0.1, 0.15) is 0 Å². The van der Waals surface area contributed by atoms with Gasteiger partial charge in [-0.25, -0.2) is 4.99 Å². The van der Waals surface area contributed by atoms with Crippen molar-refractivity contribution >= 4 is 11.9 Å². The number of hydrogen-bond donors (Lipinski definition) is 3. The van der Waals surface area contributed by atoms with E-state index in [1.807, 2.05) is 49.4 Å². The van der Waals surface area contributed by atoms with Gasteiger partial charge in [-0.05, 0) is 36.6 Å². The van der Waals surface area contributed by atoms with E-state index in [2.05, 4.69) is 33.1 Å². The minimum absolute atomic E-state index is 0.0624. The Morgan fingerprint density at radius 2 is 1.76 bits per heavy atom. The highest BCUT2D eigenvalue weighted by atomic mass is 16.1. The SMILES string of the molecule is CCNC(=NCc1ccccc1)NCCc1cccc(C(=O)NC)c1. The second-order valence-electron chi connectivity index (χ2n) is 5.64. The Labute approximate surface area is 149 Å². The van der Waals surface area contributed by atoms with Crippen molar-refractivity contribution in [3.63, 3.8) is 0 Å². The van der Waals surface area contributed by atoms with Crippen LogP contribution in [0.15, 0.2) is 59.6 Å². The molecular weight excluding hydrogens is 312 g/mol. The molecule has 0 aliphatic carbocycles. The van der Waals surface area contributed by atoms with Gasteiger partial charge in [0.15, 0.2) is 5.96 Å². The van der Waals surface area contributed by atoms with Crippen LogP contribution in [0.3, 0.4) is 0 Å². The fourth-order valence-electron chi connectivity index (χ4n) is 2.43. The minimum atomic E-state index is -0.0624. The van der Waals surface area contributed by atoms with Crippen LogP contribution in [-0.4, -0.2) is 32.0 Å². The van der Waals surface area contributed by atoms with Crippen LogP contribution in [0.25, 0.3) is 0 Å². The van der Waals surface area contributed by atoms with E-state index in [-0.39, 0.29) is 5.91 Å². The molecule has 132 valence electrons. The topological polar surface area (TPSA) is 65.5 Å². The summed E-state index contributed by atoms with van der Waals surface area (Å²) in [5.74, 6) is 0.737. The van der Waals surface area contributed by atoms with Crippen LogP contribution in [0.2, 0.25) is 0 Å². The van der Waals surface area contributed by atoms with E-state index in [9.17, 15) is 4.79 Å². The summed E-state index contributed by atoms with van der Waals surface area (Å²) >= 11 is 0. The number of rotatable bonds is 7. The van der Waals surface area contributed by atoms with Crippen LogP contribution in [0, 0.1) is 0 Å². The Bertz CT molecular complexity index is 698. The van der Waals surface area contributed by atoms with Crippen molar-refractivity contribution in [2.45, 2.75) is 19.9 Å². The molecule has 5 nitrogen and oxygen atoms in total. The fourth-order valence-corrected chi connectivity index (χ4v) is 2.43. The predicted octanol–water partition coefficient (Wildman–Crippen LogP) is 2.34. The van der Waals surface area contributed by atoms with Crippen molar-refractivity contribution in [1.82, 2.24) is 16.0 Å². The van der Waals surface area contributed by atoms with E-state index in [1.54, 1.807) is 7.05 Å². The highest BCUT2D eigenvalue weighted by Crippen LogP contribution is 2.06. The van der Waals surface area contributed by atoms with Crippen LogP contribution in [0.5, 0.6) is 0 Å². The zero-order chi connectivity index (χ0) is 17.9. The van der Waals surface area contributed by atoms with Gasteiger partial charge in [0.2, 0.25) is 0 Å². The second-order valence-corrected chi connectivity index (χ2v) is 5.64. The summed E-state index contributed by atoms with van der Waals surface area (Å²) in [6.07, 6.45) is 0.820. The number of aliphatic imine (C=N–C) groups is 1. The predicted molar refractivity (Wildman–Crippen MR) is 103 cm³/mol. The monoisotopic (exact) mass is 338 g/mol. The molecule has 0 fully saturated rings. The summed E-state index contributed by atoms with van der Waals surface area (Å²) in [7, 11) is 1.64. The average molecular weight is 338 g/mol. The fraction of sp³-hybridized carbons (Fsp3) is 0.300. The quantitative estimate of drug-likeness (QED) is 0.536. The maximum atomic E-state index is 11.7. The number of benzene rings is 2. The molecule has 0 aliphatic heterocycles. The number of amides is 1. The number of carbonyl (C=O) groups excluding carboxylic acids is 1. The Morgan fingerprint density at radius 3 is 2.48 bits per heavy atom. The van der Waals surface area contributed by atoms with Crippen molar-refractivity contribution < 1.29 is 4.79 Å². The molecule has 0 radical (unpaired) electrons. The second kappa shape index (κ2) is 10.1. The van der Waals surface area contributed by atoms with Gasteiger partial charge < -0.3 is 16.0 Å². The van der Waals surface area contributed by atoms with Crippen LogP contribution in [-0.2, 0) is 13.0 Å². The van der Waals surface area contributed by atoms with Gasteiger partial charge in [0.05, 0.1) is 6.54 Å². The van der Waals surface area contributed by atoms with E-state index >= 15 is 0 Å². The van der Waals surface area contributed by atoms with Crippen molar-refractivity contribution in [3.05, 3.63) is 71.3 Å². The molecule has 0 aromatic heterocycles. The molecule has 0 bridgehead atoms. The molecule has 25 heavy (non-hydrogen) atoms. The lowest BCUT2D eigenvalue weighted by atomic mass is 10.1. The lowest BCUT2D eigenvalue weighted by Gasteiger charge is -2.11. The number of nitrogens with one attached hydrogen (secondary N) is 3. The molecular formula is C20H26N4O. The van der Waals surface area contributed by atoms with Crippen molar-refractivity contribution in [2.75, 3.05) is 20.1 Å². The number of guanidine groups is 1. The minimum Gasteiger partial charge on any atom is -0.357 e. The van der Waals surface area contributed by atoms with Crippen molar-refractivity contribution in [3.8, 4) is 0 Å². The van der Waals surface area contributed by atoms with Gasteiger partial charge in [-0.1, -0.05) is 42.5 Å². The lowest BCUT2D eigenvalue weighted by Crippen LogP contribution is -2.38. The maximum absolute atomic E-state index is 11.7. The Balaban J connectivity index is 1.89. The molecule has 0 unspecified atom stereocenters. The summed E-state index contributed by atoms with van der Waals surface area (Å²) in [6.45, 7) is 4.25. The molecule has 2 aromatic carbocycles. The first-order valence-corrected chi connectivity index (χ1v) is 8.60. The smallest absolute Gasteiger partial charge is 0.251 e. The van der Waals surface area contributed by atoms with E-state index in [4.69, 9.17) is 0 Å². The lowest BCUT2D eigenvalue weighted by molar-refractivity contribution is 0.0963. The summed E-state index contributed by atoms with van der Waals surface area (Å²) in [6, 6.07) is 17.9. The summed E-state index contributed by atoms with van der Waals surface area (Å²) < 4.78 is 0. The van der Waals surface area contributed by atoms with Gasteiger partial charge in [-0.2, -0.15) is 0 Å². The first kappa shape index (κ1) is 18.5. The third-order valence-electron chi connectivity index (χ3n) is 3.73. The average Bonchev–Trinajstić information content (AvgIpc) is 2.66. The van der Waals surface area contributed by atoms with E-state index in [0.29, 0.717) is 12.1 Å². The molecule has 1 amide bonds. The summed E-state index contributed by atoms with van der Waals surface area (Å²) in [4.78, 5) is 16.3. The number of carbonyl (C=O) groups is 1. The first-order chi connectivity index (χ1) is 12.2. The zero-order valence-electron chi connectivity index (χ0n) is 14.9. The molecule has 0 heterocycles. The molecule has 0 saturated carbocycles. The van der Waals surface area contributed by atoms with Crippen LogP contribution in [0.4, 0.5) is 0 Å². The van der Waals surface area contributed by atoms with Crippen molar-refractivity contribution in [2.24, 2.45) is 4.99 Å². The molecule has 5 heteroatoms. The van der Waals surface area contributed by atoms with Crippen LogP contribution in [0.1, 0.15) is 28.4 Å². The van der Waals surface area contributed by atoms with Crippen LogP contribution < -0.4 is 16.0 Å². The molecule has 2 rings (SSSR count). The molecule has 2 aromatic rings. The highest BCUT2D eigenvalue weighted by Gasteiger charge is 2.04. The van der Waals surface area contributed by atoms with Gasteiger partial charge in [0, 0.05) is 25.7 Å². The maximum Gasteiger partial charge on any atom is 0.251 e. The third-order valence-corrected chi connectivity index (χ3v) is 3.73. The Morgan fingerprint density at radius 1 is 1.00 bits per heavy atom. The number of nitrogens with zero attached hydrogens (tertiary/aromatic N) is 1. The molecule has 0 spiro atoms. The Kier molecular flexibility index (Phi) is 7.50. The van der Waals surface area contributed by atoms with Gasteiger partial charge in [0.25, 0.3) is 5.91 Å². The van der Waals surface area contributed by atoms with E-state index in [1.165, 1.54) is 5.56 Å². The summed E-state index contributed by atoms with van der Waals surface area (Å²) in [5, 5.41) is 9.24.